The van der Waals surface area contributed by atoms with Crippen LogP contribution in [0.4, 0.5) is 5.82 Å². The molecule has 5 rings (SSSR count). The SMILES string of the molecule is N#Cc1ccc2ccc(=O)n(CCN3CCC(NCc4ccc5c(n4)NC(=O)CO5)CC3)c2c1. The van der Waals surface area contributed by atoms with Crippen molar-refractivity contribution in [2.75, 3.05) is 31.6 Å². The highest BCUT2D eigenvalue weighted by Crippen LogP contribution is 2.25. The molecule has 34 heavy (non-hydrogen) atoms. The Morgan fingerprint density at radius 3 is 2.76 bits per heavy atom. The van der Waals surface area contributed by atoms with Gasteiger partial charge in [0.05, 0.1) is 22.8 Å². The molecule has 0 saturated carbocycles. The van der Waals surface area contributed by atoms with Crippen LogP contribution in [0, 0.1) is 11.3 Å². The van der Waals surface area contributed by atoms with Crippen LogP contribution in [0.1, 0.15) is 24.1 Å². The average molecular weight is 459 g/mol. The minimum absolute atomic E-state index is 0.0287. The van der Waals surface area contributed by atoms with Crippen LogP contribution in [0.5, 0.6) is 5.75 Å². The summed E-state index contributed by atoms with van der Waals surface area (Å²) in [6.45, 7) is 3.93. The Morgan fingerprint density at radius 1 is 1.12 bits per heavy atom. The van der Waals surface area contributed by atoms with E-state index in [9.17, 15) is 14.9 Å². The Bertz CT molecular complexity index is 1320. The number of benzene rings is 1. The second kappa shape index (κ2) is 9.63. The second-order valence-corrected chi connectivity index (χ2v) is 8.69. The maximum absolute atomic E-state index is 12.5. The topological polar surface area (TPSA) is 112 Å². The first-order valence-electron chi connectivity index (χ1n) is 11.5. The van der Waals surface area contributed by atoms with E-state index in [0.717, 1.165) is 49.1 Å². The number of amides is 1. The molecule has 2 N–H and O–H groups in total. The van der Waals surface area contributed by atoms with Gasteiger partial charge in [0.1, 0.15) is 0 Å². The van der Waals surface area contributed by atoms with E-state index < -0.39 is 0 Å². The summed E-state index contributed by atoms with van der Waals surface area (Å²) >= 11 is 0. The number of anilines is 1. The molecule has 4 heterocycles. The number of pyridine rings is 2. The molecule has 3 aromatic rings. The number of ether oxygens (including phenoxy) is 1. The molecule has 1 saturated heterocycles. The van der Waals surface area contributed by atoms with E-state index in [-0.39, 0.29) is 18.1 Å². The number of likely N-dealkylation sites (tertiary alicyclic amines) is 1. The third-order valence-electron chi connectivity index (χ3n) is 6.45. The third kappa shape index (κ3) is 4.78. The van der Waals surface area contributed by atoms with Crippen molar-refractivity contribution in [3.8, 4) is 11.8 Å². The van der Waals surface area contributed by atoms with Gasteiger partial charge in [-0.3, -0.25) is 9.59 Å². The molecule has 2 aromatic heterocycles. The summed E-state index contributed by atoms with van der Waals surface area (Å²) in [5.41, 5.74) is 2.18. The molecule has 0 bridgehead atoms. The molecular weight excluding hydrogens is 432 g/mol. The van der Waals surface area contributed by atoms with E-state index in [1.807, 2.05) is 24.3 Å². The van der Waals surface area contributed by atoms with Crippen LogP contribution in [0.3, 0.4) is 0 Å². The summed E-state index contributed by atoms with van der Waals surface area (Å²) in [5, 5.41) is 16.5. The maximum atomic E-state index is 12.5. The van der Waals surface area contributed by atoms with Crippen LogP contribution < -0.4 is 20.9 Å². The van der Waals surface area contributed by atoms with Gasteiger partial charge in [-0.15, -0.1) is 0 Å². The first-order valence-corrected chi connectivity index (χ1v) is 11.5. The molecule has 0 aliphatic carbocycles. The first-order chi connectivity index (χ1) is 16.6. The normalized spacial score (nSPS) is 16.5. The van der Waals surface area contributed by atoms with E-state index in [0.29, 0.717) is 36.3 Å². The predicted molar refractivity (Wildman–Crippen MR) is 128 cm³/mol. The predicted octanol–water partition coefficient (Wildman–Crippen LogP) is 1.85. The highest BCUT2D eigenvalue weighted by molar-refractivity contribution is 5.94. The van der Waals surface area contributed by atoms with Gasteiger partial charge >= 0.3 is 0 Å². The minimum atomic E-state index is -0.186. The number of hydrogen-bond donors (Lipinski definition) is 2. The summed E-state index contributed by atoms with van der Waals surface area (Å²) in [7, 11) is 0. The summed E-state index contributed by atoms with van der Waals surface area (Å²) in [5.74, 6) is 0.899. The van der Waals surface area contributed by atoms with Gasteiger partial charge in [-0.1, -0.05) is 6.07 Å². The van der Waals surface area contributed by atoms with Crippen LogP contribution in [0.15, 0.2) is 47.3 Å². The Balaban J connectivity index is 1.14. The van der Waals surface area contributed by atoms with E-state index >= 15 is 0 Å². The molecule has 2 aliphatic rings. The average Bonchev–Trinajstić information content (AvgIpc) is 2.87. The molecule has 0 atom stereocenters. The number of hydrogen-bond acceptors (Lipinski definition) is 7. The molecule has 1 aromatic carbocycles. The quantitative estimate of drug-likeness (QED) is 0.580. The van der Waals surface area contributed by atoms with Gasteiger partial charge in [-0.25, -0.2) is 4.98 Å². The Hall–Kier alpha value is -3.74. The minimum Gasteiger partial charge on any atom is -0.480 e. The second-order valence-electron chi connectivity index (χ2n) is 8.69. The molecular formula is C25H26N6O3. The highest BCUT2D eigenvalue weighted by Gasteiger charge is 2.20. The number of aromatic nitrogens is 2. The lowest BCUT2D eigenvalue weighted by Gasteiger charge is -2.32. The van der Waals surface area contributed by atoms with Gasteiger partial charge in [0.2, 0.25) is 0 Å². The van der Waals surface area contributed by atoms with Crippen molar-refractivity contribution in [3.05, 3.63) is 64.1 Å². The molecule has 9 nitrogen and oxygen atoms in total. The van der Waals surface area contributed by atoms with Gasteiger partial charge in [0, 0.05) is 31.7 Å². The fraction of sp³-hybridized carbons (Fsp3) is 0.360. The van der Waals surface area contributed by atoms with Crippen molar-refractivity contribution < 1.29 is 9.53 Å². The lowest BCUT2D eigenvalue weighted by atomic mass is 10.0. The molecule has 2 aliphatic heterocycles. The number of rotatable bonds is 6. The van der Waals surface area contributed by atoms with Crippen LogP contribution in [0.2, 0.25) is 0 Å². The molecule has 1 fully saturated rings. The number of carbonyl (C=O) groups is 1. The Kier molecular flexibility index (Phi) is 6.25. The van der Waals surface area contributed by atoms with Crippen molar-refractivity contribution in [2.24, 2.45) is 0 Å². The summed E-state index contributed by atoms with van der Waals surface area (Å²) < 4.78 is 7.13. The molecule has 0 radical (unpaired) electrons. The lowest BCUT2D eigenvalue weighted by molar-refractivity contribution is -0.118. The van der Waals surface area contributed by atoms with Crippen molar-refractivity contribution in [2.45, 2.75) is 32.0 Å². The molecule has 0 spiro atoms. The molecule has 1 amide bonds. The number of fused-ring (bicyclic) bond motifs is 2. The summed E-state index contributed by atoms with van der Waals surface area (Å²) in [6, 6.07) is 15.2. The summed E-state index contributed by atoms with van der Waals surface area (Å²) in [6.07, 6.45) is 2.02. The fourth-order valence-electron chi connectivity index (χ4n) is 4.54. The van der Waals surface area contributed by atoms with Crippen LogP contribution >= 0.6 is 0 Å². The van der Waals surface area contributed by atoms with Crippen molar-refractivity contribution >= 4 is 22.6 Å². The van der Waals surface area contributed by atoms with E-state index in [4.69, 9.17) is 4.74 Å². The fourth-order valence-corrected chi connectivity index (χ4v) is 4.54. The molecule has 0 unspecified atom stereocenters. The number of nitrogens with zero attached hydrogens (tertiary/aromatic N) is 4. The van der Waals surface area contributed by atoms with Crippen LogP contribution in [0.25, 0.3) is 10.9 Å². The monoisotopic (exact) mass is 458 g/mol. The number of nitrogens with one attached hydrogen (secondary N) is 2. The third-order valence-corrected chi connectivity index (χ3v) is 6.45. The zero-order chi connectivity index (χ0) is 23.5. The standard InChI is InChI=1S/C25H26N6O3/c26-14-17-1-2-18-3-6-24(33)31(21(18)13-17)12-11-30-9-7-19(8-10-30)27-15-20-4-5-22-25(28-20)29-23(32)16-34-22/h1-6,13,19,27H,7-12,15-16H2,(H,28,29,32). The van der Waals surface area contributed by atoms with Gasteiger partial charge in [-0.2, -0.15) is 5.26 Å². The van der Waals surface area contributed by atoms with E-state index in [1.165, 1.54) is 0 Å². The highest BCUT2D eigenvalue weighted by atomic mass is 16.5. The maximum Gasteiger partial charge on any atom is 0.263 e. The van der Waals surface area contributed by atoms with E-state index in [1.54, 1.807) is 22.8 Å². The smallest absolute Gasteiger partial charge is 0.263 e. The lowest BCUT2D eigenvalue weighted by Crippen LogP contribution is -2.43. The van der Waals surface area contributed by atoms with Gasteiger partial charge in [0.25, 0.3) is 11.5 Å². The zero-order valence-electron chi connectivity index (χ0n) is 18.8. The zero-order valence-corrected chi connectivity index (χ0v) is 18.8. The largest absolute Gasteiger partial charge is 0.480 e. The van der Waals surface area contributed by atoms with Gasteiger partial charge in [-0.05, 0) is 61.6 Å². The van der Waals surface area contributed by atoms with Crippen molar-refractivity contribution in [3.63, 3.8) is 0 Å². The number of nitriles is 1. The van der Waals surface area contributed by atoms with Crippen molar-refractivity contribution in [1.29, 1.82) is 5.26 Å². The van der Waals surface area contributed by atoms with E-state index in [2.05, 4.69) is 26.6 Å². The van der Waals surface area contributed by atoms with Crippen LogP contribution in [-0.2, 0) is 17.9 Å². The van der Waals surface area contributed by atoms with Gasteiger partial charge in [0.15, 0.2) is 18.2 Å². The van der Waals surface area contributed by atoms with Crippen LogP contribution in [-0.4, -0.2) is 52.6 Å². The number of carbonyl (C=O) groups excluding carboxylic acids is 1. The first kappa shape index (κ1) is 22.1. The van der Waals surface area contributed by atoms with Gasteiger partial charge < -0.3 is 24.8 Å². The molecule has 174 valence electrons. The number of piperidine rings is 1. The Morgan fingerprint density at radius 2 is 1.94 bits per heavy atom. The molecule has 9 heteroatoms. The summed E-state index contributed by atoms with van der Waals surface area (Å²) in [4.78, 5) is 30.9. The van der Waals surface area contributed by atoms with Crippen molar-refractivity contribution in [1.82, 2.24) is 19.8 Å². The Labute approximate surface area is 197 Å².